The van der Waals surface area contributed by atoms with Crippen molar-refractivity contribution in [1.82, 2.24) is 9.55 Å². The Morgan fingerprint density at radius 1 is 1.00 bits per heavy atom. The van der Waals surface area contributed by atoms with E-state index in [0.29, 0.717) is 11.8 Å². The van der Waals surface area contributed by atoms with Gasteiger partial charge in [0.05, 0.1) is 5.69 Å². The van der Waals surface area contributed by atoms with E-state index in [9.17, 15) is 0 Å². The van der Waals surface area contributed by atoms with Crippen LogP contribution < -0.4 is 0 Å². The summed E-state index contributed by atoms with van der Waals surface area (Å²) in [4.78, 5) is 4.74. The molecule has 0 bridgehead atoms. The van der Waals surface area contributed by atoms with Crippen LogP contribution in [0.2, 0.25) is 0 Å². The van der Waals surface area contributed by atoms with Gasteiger partial charge in [-0.25, -0.2) is 4.98 Å². The number of nitrogens with zero attached hydrogens (tertiary/aromatic N) is 2. The largest absolute Gasteiger partial charge is 0.299 e. The number of imidazole rings is 1. The number of benzene rings is 2. The first-order valence-electron chi connectivity index (χ1n) is 12.2. The van der Waals surface area contributed by atoms with Crippen LogP contribution in [0.3, 0.4) is 0 Å². The van der Waals surface area contributed by atoms with Crippen LogP contribution in [0.1, 0.15) is 76.5 Å². The number of aromatic nitrogens is 2. The maximum atomic E-state index is 4.74. The van der Waals surface area contributed by atoms with Gasteiger partial charge in [0, 0.05) is 18.0 Å². The predicted molar refractivity (Wildman–Crippen MR) is 137 cm³/mol. The maximum absolute atomic E-state index is 4.74. The van der Waals surface area contributed by atoms with Crippen molar-refractivity contribution >= 4 is 5.57 Å². The zero-order chi connectivity index (χ0) is 22.7. The minimum atomic E-state index is 0.419. The summed E-state index contributed by atoms with van der Waals surface area (Å²) < 4.78 is 2.30. The van der Waals surface area contributed by atoms with Crippen LogP contribution in [-0.2, 0) is 6.42 Å². The molecule has 1 aliphatic carbocycles. The fourth-order valence-electron chi connectivity index (χ4n) is 4.84. The van der Waals surface area contributed by atoms with Gasteiger partial charge in [-0.15, -0.1) is 0 Å². The number of hydrogen-bond donors (Lipinski definition) is 0. The molecule has 1 atom stereocenters. The van der Waals surface area contributed by atoms with E-state index in [2.05, 4.69) is 100.0 Å². The molecule has 0 spiro atoms. The zero-order valence-corrected chi connectivity index (χ0v) is 20.2. The first kappa shape index (κ1) is 22.3. The Kier molecular flexibility index (Phi) is 6.79. The standard InChI is InChI=1S/C30H36N2/c1-6-22-16-23(7-2)18-26(17-22)27-19-24(8-3)29(28(20-27)21(4)5)32-15-14-31-30(32)25-12-10-9-11-13-25/h9-15,17-22H,6-8,16H2,1-5H3. The van der Waals surface area contributed by atoms with Gasteiger partial charge in [0.25, 0.3) is 0 Å². The van der Waals surface area contributed by atoms with Gasteiger partial charge in [-0.3, -0.25) is 4.57 Å². The SMILES string of the molecule is CCC1=CC(c2cc(CC)c(-n3ccnc3-c3ccccc3)c(C(C)C)c2)=CC(CC)C1. The van der Waals surface area contributed by atoms with E-state index < -0.39 is 0 Å². The van der Waals surface area contributed by atoms with Gasteiger partial charge in [0.2, 0.25) is 0 Å². The Morgan fingerprint density at radius 2 is 1.78 bits per heavy atom. The topological polar surface area (TPSA) is 17.8 Å². The minimum absolute atomic E-state index is 0.419. The first-order chi connectivity index (χ1) is 15.5. The second-order valence-corrected chi connectivity index (χ2v) is 9.22. The molecule has 3 aromatic rings. The van der Waals surface area contributed by atoms with Crippen molar-refractivity contribution in [1.29, 1.82) is 0 Å². The molecule has 0 saturated heterocycles. The quantitative estimate of drug-likeness (QED) is 0.372. The molecule has 0 amide bonds. The normalized spacial score (nSPS) is 16.2. The molecule has 166 valence electrons. The van der Waals surface area contributed by atoms with Crippen molar-refractivity contribution in [2.45, 2.75) is 66.2 Å². The van der Waals surface area contributed by atoms with Crippen molar-refractivity contribution in [2.75, 3.05) is 0 Å². The third-order valence-electron chi connectivity index (χ3n) is 6.75. The van der Waals surface area contributed by atoms with Crippen LogP contribution in [-0.4, -0.2) is 9.55 Å². The highest BCUT2D eigenvalue weighted by molar-refractivity contribution is 5.78. The summed E-state index contributed by atoms with van der Waals surface area (Å²) >= 11 is 0. The third-order valence-corrected chi connectivity index (χ3v) is 6.75. The number of hydrogen-bond acceptors (Lipinski definition) is 1. The van der Waals surface area contributed by atoms with E-state index in [1.807, 2.05) is 6.20 Å². The lowest BCUT2D eigenvalue weighted by molar-refractivity contribution is 0.606. The van der Waals surface area contributed by atoms with E-state index in [-0.39, 0.29) is 0 Å². The zero-order valence-electron chi connectivity index (χ0n) is 20.2. The molecule has 32 heavy (non-hydrogen) atoms. The second-order valence-electron chi connectivity index (χ2n) is 9.22. The lowest BCUT2D eigenvalue weighted by Gasteiger charge is -2.24. The lowest BCUT2D eigenvalue weighted by Crippen LogP contribution is -2.09. The molecular formula is C30H36N2. The van der Waals surface area contributed by atoms with Gasteiger partial charge >= 0.3 is 0 Å². The Labute approximate surface area is 193 Å². The highest BCUT2D eigenvalue weighted by atomic mass is 15.1. The molecular weight excluding hydrogens is 388 g/mol. The Bertz CT molecular complexity index is 1130. The van der Waals surface area contributed by atoms with Gasteiger partial charge in [-0.2, -0.15) is 0 Å². The second kappa shape index (κ2) is 9.73. The summed E-state index contributed by atoms with van der Waals surface area (Å²) in [5.41, 5.74) is 9.55. The molecule has 0 fully saturated rings. The molecule has 2 nitrogen and oxygen atoms in total. The molecule has 4 rings (SSSR count). The number of aryl methyl sites for hydroxylation is 1. The minimum Gasteiger partial charge on any atom is -0.299 e. The first-order valence-corrected chi connectivity index (χ1v) is 12.2. The lowest BCUT2D eigenvalue weighted by atomic mass is 9.83. The molecule has 1 heterocycles. The fourth-order valence-corrected chi connectivity index (χ4v) is 4.84. The molecule has 2 aromatic carbocycles. The van der Waals surface area contributed by atoms with E-state index in [0.717, 1.165) is 24.2 Å². The highest BCUT2D eigenvalue weighted by Crippen LogP contribution is 2.37. The number of allylic oxidation sites excluding steroid dienone is 4. The fraction of sp³-hybridized carbons (Fsp3) is 0.367. The monoisotopic (exact) mass is 424 g/mol. The van der Waals surface area contributed by atoms with Crippen LogP contribution in [0.15, 0.2) is 72.6 Å². The molecule has 1 unspecified atom stereocenters. The van der Waals surface area contributed by atoms with E-state index in [4.69, 9.17) is 4.98 Å². The molecule has 1 aromatic heterocycles. The summed E-state index contributed by atoms with van der Waals surface area (Å²) in [6.45, 7) is 11.5. The summed E-state index contributed by atoms with van der Waals surface area (Å²) in [7, 11) is 0. The van der Waals surface area contributed by atoms with Crippen LogP contribution in [0.4, 0.5) is 0 Å². The van der Waals surface area contributed by atoms with Crippen molar-refractivity contribution in [2.24, 2.45) is 5.92 Å². The van der Waals surface area contributed by atoms with Gasteiger partial charge in [0.15, 0.2) is 0 Å². The molecule has 0 radical (unpaired) electrons. The van der Waals surface area contributed by atoms with Gasteiger partial charge in [-0.1, -0.05) is 82.7 Å². The van der Waals surface area contributed by atoms with Gasteiger partial charge < -0.3 is 0 Å². The average molecular weight is 425 g/mol. The van der Waals surface area contributed by atoms with Crippen LogP contribution >= 0.6 is 0 Å². The molecule has 0 N–H and O–H groups in total. The molecule has 1 aliphatic rings. The highest BCUT2D eigenvalue weighted by Gasteiger charge is 2.20. The molecule has 2 heteroatoms. The third kappa shape index (κ3) is 4.37. The Morgan fingerprint density at radius 3 is 2.44 bits per heavy atom. The van der Waals surface area contributed by atoms with Gasteiger partial charge in [-0.05, 0) is 71.9 Å². The summed E-state index contributed by atoms with van der Waals surface area (Å²) in [6.07, 6.45) is 13.5. The Hall–Kier alpha value is -2.87. The van der Waals surface area contributed by atoms with E-state index in [1.54, 1.807) is 5.57 Å². The maximum Gasteiger partial charge on any atom is 0.144 e. The predicted octanol–water partition coefficient (Wildman–Crippen LogP) is 8.37. The smallest absolute Gasteiger partial charge is 0.144 e. The van der Waals surface area contributed by atoms with Crippen LogP contribution in [0.5, 0.6) is 0 Å². The van der Waals surface area contributed by atoms with Crippen molar-refractivity contribution < 1.29 is 0 Å². The van der Waals surface area contributed by atoms with E-state index in [1.165, 1.54) is 40.8 Å². The van der Waals surface area contributed by atoms with Gasteiger partial charge in [0.1, 0.15) is 5.82 Å². The Balaban J connectivity index is 1.89. The molecule has 0 aliphatic heterocycles. The summed E-state index contributed by atoms with van der Waals surface area (Å²) in [5, 5.41) is 0. The summed E-state index contributed by atoms with van der Waals surface area (Å²) in [5.74, 6) is 2.07. The molecule has 0 saturated carbocycles. The van der Waals surface area contributed by atoms with Crippen molar-refractivity contribution in [3.8, 4) is 17.1 Å². The summed E-state index contributed by atoms with van der Waals surface area (Å²) in [6, 6.07) is 15.4. The van der Waals surface area contributed by atoms with Crippen molar-refractivity contribution in [3.05, 3.63) is 89.3 Å². The van der Waals surface area contributed by atoms with E-state index >= 15 is 0 Å². The average Bonchev–Trinajstić information content (AvgIpc) is 3.32. The van der Waals surface area contributed by atoms with Crippen LogP contribution in [0, 0.1) is 5.92 Å². The van der Waals surface area contributed by atoms with Crippen LogP contribution in [0.25, 0.3) is 22.6 Å². The number of rotatable bonds is 7. The van der Waals surface area contributed by atoms with Crippen molar-refractivity contribution in [3.63, 3.8) is 0 Å².